The highest BCUT2D eigenvalue weighted by molar-refractivity contribution is 5.81. The van der Waals surface area contributed by atoms with Crippen LogP contribution in [0.3, 0.4) is 0 Å². The van der Waals surface area contributed by atoms with E-state index >= 15 is 0 Å². The van der Waals surface area contributed by atoms with Gasteiger partial charge < -0.3 is 10.2 Å². The lowest BCUT2D eigenvalue weighted by molar-refractivity contribution is 0.208. The number of aliphatic imine (C=N–C) groups is 1. The van der Waals surface area contributed by atoms with E-state index in [1.807, 2.05) is 0 Å². The van der Waals surface area contributed by atoms with E-state index in [9.17, 15) is 0 Å². The largest absolute Gasteiger partial charge is 0.383 e. The molecule has 16 heavy (non-hydrogen) atoms. The summed E-state index contributed by atoms with van der Waals surface area (Å²) >= 11 is 0. The van der Waals surface area contributed by atoms with Gasteiger partial charge in [0.15, 0.2) is 0 Å². The Kier molecular flexibility index (Phi) is 12.0. The van der Waals surface area contributed by atoms with E-state index in [0.29, 0.717) is 13.2 Å². The van der Waals surface area contributed by atoms with Crippen molar-refractivity contribution in [1.29, 1.82) is 0 Å². The normalized spacial score (nSPS) is 11.8. The summed E-state index contributed by atoms with van der Waals surface area (Å²) < 4.78 is 4.93. The number of nitrogens with one attached hydrogen (secondary N) is 1. The minimum atomic E-state index is 0.654. The fraction of sp³-hybridized carbons (Fsp3) is 0.917. The Morgan fingerprint density at radius 1 is 1.19 bits per heavy atom. The van der Waals surface area contributed by atoms with Crippen molar-refractivity contribution in [3.05, 3.63) is 0 Å². The highest BCUT2D eigenvalue weighted by atomic mass is 16.5. The highest BCUT2D eigenvalue weighted by Gasteiger charge is 1.96. The van der Waals surface area contributed by atoms with Gasteiger partial charge in [0.2, 0.25) is 0 Å². The van der Waals surface area contributed by atoms with Crippen molar-refractivity contribution in [2.75, 3.05) is 20.3 Å². The van der Waals surface area contributed by atoms with Gasteiger partial charge >= 0.3 is 0 Å². The SMILES string of the molecule is CCCCCCCCC(=NCCOC)NN. The van der Waals surface area contributed by atoms with Crippen molar-refractivity contribution in [2.24, 2.45) is 10.8 Å². The molecule has 0 aliphatic heterocycles. The van der Waals surface area contributed by atoms with Crippen molar-refractivity contribution < 1.29 is 4.74 Å². The van der Waals surface area contributed by atoms with Gasteiger partial charge in [-0.3, -0.25) is 4.99 Å². The summed E-state index contributed by atoms with van der Waals surface area (Å²) in [5.74, 6) is 6.29. The fourth-order valence-corrected chi connectivity index (χ4v) is 1.54. The summed E-state index contributed by atoms with van der Waals surface area (Å²) in [7, 11) is 1.68. The van der Waals surface area contributed by atoms with Gasteiger partial charge in [0, 0.05) is 13.5 Å². The number of nitrogens with zero attached hydrogens (tertiary/aromatic N) is 1. The van der Waals surface area contributed by atoms with Crippen molar-refractivity contribution in [3.63, 3.8) is 0 Å². The summed E-state index contributed by atoms with van der Waals surface area (Å²) in [6, 6.07) is 0. The average molecular weight is 229 g/mol. The number of nitrogens with two attached hydrogens (primary N) is 1. The Hall–Kier alpha value is -0.610. The maximum Gasteiger partial charge on any atom is 0.110 e. The minimum Gasteiger partial charge on any atom is -0.383 e. The molecule has 0 rings (SSSR count). The van der Waals surface area contributed by atoms with Crippen LogP contribution in [-0.2, 0) is 4.74 Å². The van der Waals surface area contributed by atoms with Gasteiger partial charge in [-0.1, -0.05) is 39.0 Å². The van der Waals surface area contributed by atoms with Crippen LogP contribution in [0.1, 0.15) is 51.9 Å². The van der Waals surface area contributed by atoms with Crippen molar-refractivity contribution in [3.8, 4) is 0 Å². The van der Waals surface area contributed by atoms with Gasteiger partial charge in [-0.15, -0.1) is 0 Å². The zero-order valence-electron chi connectivity index (χ0n) is 10.8. The standard InChI is InChI=1S/C12H27N3O/c1-3-4-5-6-7-8-9-12(15-13)14-10-11-16-2/h3-11,13H2,1-2H3,(H,14,15). The Balaban J connectivity index is 3.43. The van der Waals surface area contributed by atoms with E-state index in [2.05, 4.69) is 17.3 Å². The Morgan fingerprint density at radius 3 is 2.50 bits per heavy atom. The molecule has 3 N–H and O–H groups in total. The first-order chi connectivity index (χ1) is 7.85. The molecule has 0 heterocycles. The molecule has 4 nitrogen and oxygen atoms in total. The van der Waals surface area contributed by atoms with E-state index in [1.54, 1.807) is 7.11 Å². The van der Waals surface area contributed by atoms with Gasteiger partial charge in [-0.05, 0) is 6.42 Å². The van der Waals surface area contributed by atoms with E-state index in [1.165, 1.54) is 38.5 Å². The summed E-state index contributed by atoms with van der Waals surface area (Å²) in [5.41, 5.74) is 2.66. The van der Waals surface area contributed by atoms with Crippen LogP contribution >= 0.6 is 0 Å². The van der Waals surface area contributed by atoms with Crippen molar-refractivity contribution in [1.82, 2.24) is 5.43 Å². The number of unbranched alkanes of at least 4 members (excludes halogenated alkanes) is 5. The van der Waals surface area contributed by atoms with Crippen LogP contribution < -0.4 is 11.3 Å². The molecule has 0 saturated heterocycles. The number of hydrogen-bond donors (Lipinski definition) is 2. The molecule has 0 saturated carbocycles. The Morgan fingerprint density at radius 2 is 1.88 bits per heavy atom. The van der Waals surface area contributed by atoms with Gasteiger partial charge in [0.05, 0.1) is 13.2 Å². The fourth-order valence-electron chi connectivity index (χ4n) is 1.54. The molecule has 4 heteroatoms. The van der Waals surface area contributed by atoms with Crippen LogP contribution in [0.2, 0.25) is 0 Å². The number of ether oxygens (including phenoxy) is 1. The quantitative estimate of drug-likeness (QED) is 0.199. The van der Waals surface area contributed by atoms with E-state index in [0.717, 1.165) is 12.3 Å². The zero-order chi connectivity index (χ0) is 12.1. The molecule has 0 aromatic heterocycles. The number of methoxy groups -OCH3 is 1. The molecule has 0 aromatic carbocycles. The average Bonchev–Trinajstić information content (AvgIpc) is 2.31. The lowest BCUT2D eigenvalue weighted by atomic mass is 10.1. The minimum absolute atomic E-state index is 0.654. The maximum atomic E-state index is 5.40. The number of rotatable bonds is 10. The molecular formula is C12H27N3O. The number of hydrazine groups is 1. The number of hydrogen-bond acceptors (Lipinski definition) is 3. The lowest BCUT2D eigenvalue weighted by Crippen LogP contribution is -2.30. The zero-order valence-corrected chi connectivity index (χ0v) is 10.8. The molecule has 0 aliphatic rings. The molecule has 0 aromatic rings. The van der Waals surface area contributed by atoms with E-state index in [-0.39, 0.29) is 0 Å². The maximum absolute atomic E-state index is 5.40. The van der Waals surface area contributed by atoms with Gasteiger partial charge in [-0.2, -0.15) is 0 Å². The second-order valence-corrected chi connectivity index (χ2v) is 3.98. The first-order valence-corrected chi connectivity index (χ1v) is 6.34. The van der Waals surface area contributed by atoms with Crippen molar-refractivity contribution in [2.45, 2.75) is 51.9 Å². The Labute approximate surface area is 99.6 Å². The van der Waals surface area contributed by atoms with Crippen LogP contribution in [0.5, 0.6) is 0 Å². The molecule has 0 unspecified atom stereocenters. The third kappa shape index (κ3) is 9.93. The predicted octanol–water partition coefficient (Wildman–Crippen LogP) is 2.25. The summed E-state index contributed by atoms with van der Waals surface area (Å²) in [6.45, 7) is 3.58. The van der Waals surface area contributed by atoms with Gasteiger partial charge in [0.1, 0.15) is 5.84 Å². The van der Waals surface area contributed by atoms with Crippen LogP contribution in [0.4, 0.5) is 0 Å². The Bertz CT molecular complexity index is 172. The molecule has 0 bridgehead atoms. The summed E-state index contributed by atoms with van der Waals surface area (Å²) in [6.07, 6.45) is 8.71. The van der Waals surface area contributed by atoms with Crippen LogP contribution in [0, 0.1) is 0 Å². The molecule has 0 atom stereocenters. The molecule has 0 fully saturated rings. The first kappa shape index (κ1) is 15.4. The van der Waals surface area contributed by atoms with E-state index in [4.69, 9.17) is 10.6 Å². The van der Waals surface area contributed by atoms with E-state index < -0.39 is 0 Å². The summed E-state index contributed by atoms with van der Waals surface area (Å²) in [5, 5.41) is 0. The smallest absolute Gasteiger partial charge is 0.110 e. The molecule has 0 radical (unpaired) electrons. The molecule has 0 aliphatic carbocycles. The van der Waals surface area contributed by atoms with Crippen LogP contribution in [-0.4, -0.2) is 26.1 Å². The second-order valence-electron chi connectivity index (χ2n) is 3.98. The summed E-state index contributed by atoms with van der Waals surface area (Å²) in [4.78, 5) is 4.32. The molecular weight excluding hydrogens is 202 g/mol. The van der Waals surface area contributed by atoms with Crippen molar-refractivity contribution >= 4 is 5.84 Å². The third-order valence-electron chi connectivity index (χ3n) is 2.53. The predicted molar refractivity (Wildman–Crippen MR) is 69.5 cm³/mol. The molecule has 96 valence electrons. The van der Waals surface area contributed by atoms with Gasteiger partial charge in [-0.25, -0.2) is 5.84 Å². The molecule has 0 spiro atoms. The third-order valence-corrected chi connectivity index (χ3v) is 2.53. The molecule has 0 amide bonds. The monoisotopic (exact) mass is 229 g/mol. The van der Waals surface area contributed by atoms with Crippen LogP contribution in [0.25, 0.3) is 0 Å². The highest BCUT2D eigenvalue weighted by Crippen LogP contribution is 2.06. The first-order valence-electron chi connectivity index (χ1n) is 6.34. The van der Waals surface area contributed by atoms with Crippen LogP contribution in [0.15, 0.2) is 4.99 Å². The number of amidine groups is 1. The van der Waals surface area contributed by atoms with Gasteiger partial charge in [0.25, 0.3) is 0 Å². The lowest BCUT2D eigenvalue weighted by Gasteiger charge is -2.05. The topological polar surface area (TPSA) is 59.6 Å². The second kappa shape index (κ2) is 12.5.